The van der Waals surface area contributed by atoms with Gasteiger partial charge < -0.3 is 9.64 Å². The van der Waals surface area contributed by atoms with E-state index >= 15 is 0 Å². The molecule has 8 nitrogen and oxygen atoms in total. The number of ether oxygens (including phenoxy) is 1. The van der Waals surface area contributed by atoms with E-state index in [-0.39, 0.29) is 10.8 Å². The lowest BCUT2D eigenvalue weighted by molar-refractivity contribution is 0.0986. The molecule has 0 unspecified atom stereocenters. The van der Waals surface area contributed by atoms with Crippen LogP contribution in [0.1, 0.15) is 50.4 Å². The fraction of sp³-hybridized carbons (Fsp3) is 0.481. The van der Waals surface area contributed by atoms with Gasteiger partial charge >= 0.3 is 0 Å². The molecular weight excluding hydrogens is 508 g/mol. The molecule has 0 spiro atoms. The SMILES string of the molecule is CCCCN(CC)S(=O)(=O)c1ccc(C(=O)N(CCCN(C)C)c2nc3ccc(OCC)cc3s2)cc1. The Labute approximate surface area is 224 Å². The predicted octanol–water partition coefficient (Wildman–Crippen LogP) is 5.10. The van der Waals surface area contributed by atoms with Crippen molar-refractivity contribution in [3.63, 3.8) is 0 Å². The summed E-state index contributed by atoms with van der Waals surface area (Å²) in [5, 5.41) is 0.612. The Morgan fingerprint density at radius 1 is 0.973 bits per heavy atom. The van der Waals surface area contributed by atoms with Crippen LogP contribution < -0.4 is 9.64 Å². The maximum Gasteiger partial charge on any atom is 0.260 e. The zero-order chi connectivity index (χ0) is 27.0. The number of aromatic nitrogens is 1. The molecule has 0 aliphatic rings. The van der Waals surface area contributed by atoms with Crippen LogP contribution in [0.25, 0.3) is 10.2 Å². The molecule has 0 aliphatic heterocycles. The Balaban J connectivity index is 1.89. The van der Waals surface area contributed by atoms with Crippen molar-refractivity contribution in [3.05, 3.63) is 48.0 Å². The minimum Gasteiger partial charge on any atom is -0.494 e. The van der Waals surface area contributed by atoms with Gasteiger partial charge in [-0.3, -0.25) is 9.69 Å². The number of nitrogens with zero attached hydrogens (tertiary/aromatic N) is 4. The molecule has 1 aromatic heterocycles. The van der Waals surface area contributed by atoms with E-state index in [0.717, 1.165) is 41.8 Å². The highest BCUT2D eigenvalue weighted by Gasteiger charge is 2.25. The van der Waals surface area contributed by atoms with Crippen molar-refractivity contribution in [1.82, 2.24) is 14.2 Å². The van der Waals surface area contributed by atoms with Gasteiger partial charge in [-0.25, -0.2) is 13.4 Å². The maximum absolute atomic E-state index is 13.7. The van der Waals surface area contributed by atoms with E-state index in [1.54, 1.807) is 17.0 Å². The van der Waals surface area contributed by atoms with Gasteiger partial charge in [0.15, 0.2) is 5.13 Å². The quantitative estimate of drug-likeness (QED) is 0.280. The molecule has 3 rings (SSSR count). The first-order valence-electron chi connectivity index (χ1n) is 12.8. The van der Waals surface area contributed by atoms with Crippen LogP contribution in [0.4, 0.5) is 5.13 Å². The number of anilines is 1. The fourth-order valence-corrected chi connectivity index (χ4v) is 6.46. The summed E-state index contributed by atoms with van der Waals surface area (Å²) in [6.07, 6.45) is 2.50. The molecule has 3 aromatic rings. The number of thiazole rings is 1. The molecule has 0 fully saturated rings. The van der Waals surface area contributed by atoms with E-state index in [2.05, 4.69) is 4.90 Å². The highest BCUT2D eigenvalue weighted by Crippen LogP contribution is 2.32. The minimum absolute atomic E-state index is 0.199. The number of hydrogen-bond donors (Lipinski definition) is 0. The van der Waals surface area contributed by atoms with Crippen molar-refractivity contribution >= 4 is 42.6 Å². The summed E-state index contributed by atoms with van der Waals surface area (Å²) in [6.45, 7) is 8.60. The fourth-order valence-electron chi connectivity index (χ4n) is 3.95. The van der Waals surface area contributed by atoms with Crippen molar-refractivity contribution in [3.8, 4) is 5.75 Å². The van der Waals surface area contributed by atoms with E-state index in [1.165, 1.54) is 27.8 Å². The van der Waals surface area contributed by atoms with Crippen LogP contribution in [0.3, 0.4) is 0 Å². The van der Waals surface area contributed by atoms with Gasteiger partial charge in [-0.05, 0) is 82.9 Å². The second-order valence-electron chi connectivity index (χ2n) is 9.05. The molecule has 37 heavy (non-hydrogen) atoms. The average Bonchev–Trinajstić information content (AvgIpc) is 3.30. The Bertz CT molecular complexity index is 1270. The number of carbonyl (C=O) groups excluding carboxylic acids is 1. The highest BCUT2D eigenvalue weighted by atomic mass is 32.2. The number of rotatable bonds is 14. The summed E-state index contributed by atoms with van der Waals surface area (Å²) in [5.74, 6) is 0.567. The first-order chi connectivity index (χ1) is 17.7. The van der Waals surface area contributed by atoms with E-state index < -0.39 is 10.0 Å². The van der Waals surface area contributed by atoms with Gasteiger partial charge in [0, 0.05) is 25.2 Å². The van der Waals surface area contributed by atoms with Crippen molar-refractivity contribution < 1.29 is 17.9 Å². The number of benzene rings is 2. The molecule has 1 amide bonds. The van der Waals surface area contributed by atoms with E-state index in [0.29, 0.717) is 36.9 Å². The van der Waals surface area contributed by atoms with E-state index in [9.17, 15) is 13.2 Å². The largest absolute Gasteiger partial charge is 0.494 e. The monoisotopic (exact) mass is 546 g/mol. The number of unbranched alkanes of at least 4 members (excludes halogenated alkanes) is 1. The van der Waals surface area contributed by atoms with Gasteiger partial charge in [0.1, 0.15) is 5.75 Å². The molecule has 10 heteroatoms. The van der Waals surface area contributed by atoms with Crippen molar-refractivity contribution in [1.29, 1.82) is 0 Å². The van der Waals surface area contributed by atoms with E-state index in [4.69, 9.17) is 9.72 Å². The second-order valence-corrected chi connectivity index (χ2v) is 12.0. The molecular formula is C27H38N4O4S2. The van der Waals surface area contributed by atoms with Crippen LogP contribution in [0.2, 0.25) is 0 Å². The van der Waals surface area contributed by atoms with Crippen LogP contribution in [-0.2, 0) is 10.0 Å². The predicted molar refractivity (Wildman–Crippen MR) is 151 cm³/mol. The zero-order valence-electron chi connectivity index (χ0n) is 22.4. The Morgan fingerprint density at radius 2 is 1.70 bits per heavy atom. The number of sulfonamides is 1. The normalized spacial score (nSPS) is 12.0. The maximum atomic E-state index is 13.7. The van der Waals surface area contributed by atoms with Gasteiger partial charge in [0.2, 0.25) is 10.0 Å². The molecule has 0 atom stereocenters. The molecule has 0 saturated carbocycles. The summed E-state index contributed by atoms with van der Waals surface area (Å²) < 4.78 is 34.2. The zero-order valence-corrected chi connectivity index (χ0v) is 24.1. The number of hydrogen-bond acceptors (Lipinski definition) is 7. The van der Waals surface area contributed by atoms with Gasteiger partial charge in [-0.1, -0.05) is 31.6 Å². The first kappa shape index (κ1) is 29.0. The van der Waals surface area contributed by atoms with Crippen LogP contribution in [0.15, 0.2) is 47.4 Å². The van der Waals surface area contributed by atoms with Gasteiger partial charge in [0.05, 0.1) is 21.7 Å². The van der Waals surface area contributed by atoms with Crippen LogP contribution in [0, 0.1) is 0 Å². The van der Waals surface area contributed by atoms with Gasteiger partial charge in [-0.2, -0.15) is 4.31 Å². The molecule has 2 aromatic carbocycles. The number of amides is 1. The standard InChI is InChI=1S/C27H38N4O4S2/c1-6-9-18-30(7-2)37(33,34)23-14-11-21(12-15-23)26(32)31(19-10-17-29(4)5)27-28-24-16-13-22(35-8-3)20-25(24)36-27/h11-16,20H,6-10,17-19H2,1-5H3. The first-order valence-corrected chi connectivity index (χ1v) is 15.1. The van der Waals surface area contributed by atoms with Gasteiger partial charge in [0.25, 0.3) is 5.91 Å². The molecule has 1 heterocycles. The average molecular weight is 547 g/mol. The summed E-state index contributed by atoms with van der Waals surface area (Å²) >= 11 is 1.45. The summed E-state index contributed by atoms with van der Waals surface area (Å²) in [7, 11) is 0.389. The minimum atomic E-state index is -3.61. The summed E-state index contributed by atoms with van der Waals surface area (Å²) in [5.41, 5.74) is 1.23. The number of carbonyl (C=O) groups is 1. The van der Waals surface area contributed by atoms with Crippen molar-refractivity contribution in [2.24, 2.45) is 0 Å². The lowest BCUT2D eigenvalue weighted by Gasteiger charge is -2.22. The molecule has 0 bridgehead atoms. The summed E-state index contributed by atoms with van der Waals surface area (Å²) in [6, 6.07) is 12.0. The smallest absolute Gasteiger partial charge is 0.260 e. The Hall–Kier alpha value is -2.53. The molecule has 0 aliphatic carbocycles. The molecule has 0 N–H and O–H groups in total. The van der Waals surface area contributed by atoms with Crippen LogP contribution in [0.5, 0.6) is 5.75 Å². The van der Waals surface area contributed by atoms with Crippen molar-refractivity contribution in [2.75, 3.05) is 51.8 Å². The summed E-state index contributed by atoms with van der Waals surface area (Å²) in [4.78, 5) is 22.4. The number of fused-ring (bicyclic) bond motifs is 1. The van der Waals surface area contributed by atoms with E-state index in [1.807, 2.05) is 53.1 Å². The molecule has 202 valence electrons. The highest BCUT2D eigenvalue weighted by molar-refractivity contribution is 7.89. The third-order valence-corrected chi connectivity index (χ3v) is 9.01. The van der Waals surface area contributed by atoms with Crippen LogP contribution in [-0.4, -0.2) is 75.4 Å². The third-order valence-electron chi connectivity index (χ3n) is 5.98. The lowest BCUT2D eigenvalue weighted by atomic mass is 10.2. The van der Waals surface area contributed by atoms with Gasteiger partial charge in [-0.15, -0.1) is 0 Å². The third kappa shape index (κ3) is 7.28. The second kappa shape index (κ2) is 13.3. The Morgan fingerprint density at radius 3 is 2.32 bits per heavy atom. The topological polar surface area (TPSA) is 83.1 Å². The van der Waals surface area contributed by atoms with Crippen molar-refractivity contribution in [2.45, 2.75) is 44.9 Å². The van der Waals surface area contributed by atoms with Crippen LogP contribution >= 0.6 is 11.3 Å². The molecule has 0 saturated heterocycles. The molecule has 0 radical (unpaired) electrons. The Kier molecular flexibility index (Phi) is 10.5. The lowest BCUT2D eigenvalue weighted by Crippen LogP contribution is -2.34.